The number of carbonyl (C=O) groups excluding carboxylic acids is 1. The van der Waals surface area contributed by atoms with Crippen molar-refractivity contribution in [3.05, 3.63) is 77.9 Å². The van der Waals surface area contributed by atoms with Crippen LogP contribution in [0.5, 0.6) is 5.75 Å². The van der Waals surface area contributed by atoms with E-state index in [4.69, 9.17) is 15.9 Å². The van der Waals surface area contributed by atoms with E-state index in [-0.39, 0.29) is 11.8 Å². The highest BCUT2D eigenvalue weighted by Crippen LogP contribution is 2.22. The molecule has 0 bridgehead atoms. The molecule has 108 valence electrons. The van der Waals surface area contributed by atoms with Crippen LogP contribution in [0.2, 0.25) is 0 Å². The Balaban J connectivity index is 1.88. The van der Waals surface area contributed by atoms with Gasteiger partial charge in [-0.3, -0.25) is 5.41 Å². The Morgan fingerprint density at radius 2 is 1.55 bits per heavy atom. The third-order valence-corrected chi connectivity index (χ3v) is 3.34. The zero-order valence-corrected chi connectivity index (χ0v) is 11.7. The molecule has 3 rings (SSSR count). The first-order valence-electron chi connectivity index (χ1n) is 6.79. The summed E-state index contributed by atoms with van der Waals surface area (Å²) >= 11 is 0. The van der Waals surface area contributed by atoms with E-state index in [2.05, 4.69) is 0 Å². The minimum Gasteiger partial charge on any atom is -0.423 e. The van der Waals surface area contributed by atoms with Gasteiger partial charge in [-0.15, -0.1) is 0 Å². The molecule has 0 unspecified atom stereocenters. The fraction of sp³-hybridized carbons (Fsp3) is 0. The molecule has 3 aromatic carbocycles. The molecular weight excluding hydrogens is 276 g/mol. The second-order valence-corrected chi connectivity index (χ2v) is 4.89. The summed E-state index contributed by atoms with van der Waals surface area (Å²) in [5, 5.41) is 9.31. The third-order valence-electron chi connectivity index (χ3n) is 3.34. The molecule has 0 saturated heterocycles. The van der Waals surface area contributed by atoms with E-state index in [1.165, 1.54) is 0 Å². The summed E-state index contributed by atoms with van der Waals surface area (Å²) < 4.78 is 5.38. The van der Waals surface area contributed by atoms with E-state index in [9.17, 15) is 4.79 Å². The van der Waals surface area contributed by atoms with Gasteiger partial charge in [0.25, 0.3) is 0 Å². The number of fused-ring (bicyclic) bond motifs is 1. The Bertz CT molecular complexity index is 857. The van der Waals surface area contributed by atoms with Crippen LogP contribution < -0.4 is 10.5 Å². The maximum atomic E-state index is 12.0. The fourth-order valence-corrected chi connectivity index (χ4v) is 2.20. The Morgan fingerprint density at radius 3 is 2.27 bits per heavy atom. The van der Waals surface area contributed by atoms with Crippen LogP contribution in [0.15, 0.2) is 66.7 Å². The molecule has 22 heavy (non-hydrogen) atoms. The summed E-state index contributed by atoms with van der Waals surface area (Å²) in [6.45, 7) is 0. The van der Waals surface area contributed by atoms with Gasteiger partial charge in [0.2, 0.25) is 0 Å². The summed E-state index contributed by atoms with van der Waals surface area (Å²) in [6.07, 6.45) is 0. The summed E-state index contributed by atoms with van der Waals surface area (Å²) in [5.74, 6) is 0.124. The lowest BCUT2D eigenvalue weighted by atomic mass is 10.1. The zero-order valence-electron chi connectivity index (χ0n) is 11.7. The SMILES string of the molecule is N=C(N)c1ccc2cc(OC(=O)c3ccccc3)ccc2c1. The van der Waals surface area contributed by atoms with Crippen LogP contribution in [0, 0.1) is 5.41 Å². The molecule has 0 aliphatic rings. The minimum atomic E-state index is -0.389. The number of esters is 1. The highest BCUT2D eigenvalue weighted by Gasteiger charge is 2.08. The highest BCUT2D eigenvalue weighted by atomic mass is 16.5. The maximum Gasteiger partial charge on any atom is 0.343 e. The number of amidine groups is 1. The van der Waals surface area contributed by atoms with E-state index < -0.39 is 0 Å². The lowest BCUT2D eigenvalue weighted by Gasteiger charge is -2.07. The van der Waals surface area contributed by atoms with Crippen molar-refractivity contribution >= 4 is 22.6 Å². The molecule has 3 N–H and O–H groups in total. The van der Waals surface area contributed by atoms with Crippen LogP contribution in [-0.4, -0.2) is 11.8 Å². The number of nitrogens with one attached hydrogen (secondary N) is 1. The number of rotatable bonds is 3. The summed E-state index contributed by atoms with van der Waals surface area (Å²) in [6, 6.07) is 19.7. The molecule has 0 radical (unpaired) electrons. The van der Waals surface area contributed by atoms with Gasteiger partial charge in [-0.2, -0.15) is 0 Å². The molecule has 3 aromatic rings. The standard InChI is InChI=1S/C18H14N2O2/c19-17(20)15-7-6-14-11-16(9-8-13(14)10-15)22-18(21)12-4-2-1-3-5-12/h1-11H,(H3,19,20). The number of carbonyl (C=O) groups is 1. The predicted octanol–water partition coefficient (Wildman–Crippen LogP) is 3.34. The monoisotopic (exact) mass is 290 g/mol. The van der Waals surface area contributed by atoms with Gasteiger partial charge in [-0.1, -0.05) is 36.4 Å². The molecule has 0 atom stereocenters. The van der Waals surface area contributed by atoms with E-state index in [0.717, 1.165) is 10.8 Å². The first-order valence-corrected chi connectivity index (χ1v) is 6.79. The van der Waals surface area contributed by atoms with Crippen molar-refractivity contribution in [3.8, 4) is 5.75 Å². The molecule has 0 heterocycles. The summed E-state index contributed by atoms with van der Waals surface area (Å²) in [4.78, 5) is 12.0. The van der Waals surface area contributed by atoms with Crippen molar-refractivity contribution in [1.29, 1.82) is 5.41 Å². The van der Waals surface area contributed by atoms with E-state index in [1.54, 1.807) is 42.5 Å². The molecule has 0 amide bonds. The van der Waals surface area contributed by atoms with Gasteiger partial charge in [0.1, 0.15) is 11.6 Å². The summed E-state index contributed by atoms with van der Waals surface area (Å²) in [7, 11) is 0. The zero-order chi connectivity index (χ0) is 15.5. The van der Waals surface area contributed by atoms with Gasteiger partial charge in [0, 0.05) is 5.56 Å². The second kappa shape index (κ2) is 5.69. The molecule has 0 fully saturated rings. The van der Waals surface area contributed by atoms with Crippen LogP contribution in [0.1, 0.15) is 15.9 Å². The van der Waals surface area contributed by atoms with Crippen LogP contribution in [-0.2, 0) is 0 Å². The molecule has 4 nitrogen and oxygen atoms in total. The first-order chi connectivity index (χ1) is 10.6. The molecule has 0 saturated carbocycles. The second-order valence-electron chi connectivity index (χ2n) is 4.89. The number of benzene rings is 3. The number of ether oxygens (including phenoxy) is 1. The maximum absolute atomic E-state index is 12.0. The van der Waals surface area contributed by atoms with Gasteiger partial charge in [-0.05, 0) is 41.1 Å². The van der Waals surface area contributed by atoms with Crippen molar-refractivity contribution in [2.24, 2.45) is 5.73 Å². The Hall–Kier alpha value is -3.14. The van der Waals surface area contributed by atoms with Gasteiger partial charge in [0.15, 0.2) is 0 Å². The van der Waals surface area contributed by atoms with Crippen molar-refractivity contribution in [2.75, 3.05) is 0 Å². The van der Waals surface area contributed by atoms with Crippen molar-refractivity contribution < 1.29 is 9.53 Å². The normalized spacial score (nSPS) is 10.4. The van der Waals surface area contributed by atoms with Crippen LogP contribution >= 0.6 is 0 Å². The lowest BCUT2D eigenvalue weighted by Crippen LogP contribution is -2.10. The molecular formula is C18H14N2O2. The Kier molecular flexibility index (Phi) is 3.58. The van der Waals surface area contributed by atoms with Gasteiger partial charge in [-0.25, -0.2) is 4.79 Å². The van der Waals surface area contributed by atoms with Crippen molar-refractivity contribution in [2.45, 2.75) is 0 Å². The topological polar surface area (TPSA) is 76.2 Å². The molecule has 0 aliphatic carbocycles. The van der Waals surface area contributed by atoms with Gasteiger partial charge in [0.05, 0.1) is 5.56 Å². The van der Waals surface area contributed by atoms with Crippen LogP contribution in [0.3, 0.4) is 0 Å². The molecule has 0 aliphatic heterocycles. The number of hydrogen-bond donors (Lipinski definition) is 2. The smallest absolute Gasteiger partial charge is 0.343 e. The van der Waals surface area contributed by atoms with E-state index >= 15 is 0 Å². The quantitative estimate of drug-likeness (QED) is 0.336. The largest absolute Gasteiger partial charge is 0.423 e. The molecule has 0 aromatic heterocycles. The van der Waals surface area contributed by atoms with Crippen LogP contribution in [0.4, 0.5) is 0 Å². The minimum absolute atomic E-state index is 0.0291. The fourth-order valence-electron chi connectivity index (χ4n) is 2.20. The lowest BCUT2D eigenvalue weighted by molar-refractivity contribution is 0.0735. The predicted molar refractivity (Wildman–Crippen MR) is 86.4 cm³/mol. The average molecular weight is 290 g/mol. The van der Waals surface area contributed by atoms with E-state index in [0.29, 0.717) is 16.9 Å². The number of nitrogens with two attached hydrogens (primary N) is 1. The Labute approximate surface area is 127 Å². The average Bonchev–Trinajstić information content (AvgIpc) is 2.55. The van der Waals surface area contributed by atoms with Gasteiger partial charge >= 0.3 is 5.97 Å². The highest BCUT2D eigenvalue weighted by molar-refractivity contribution is 5.99. The molecule has 4 heteroatoms. The molecule has 0 spiro atoms. The number of nitrogen functional groups attached to an aromatic ring is 1. The van der Waals surface area contributed by atoms with Crippen LogP contribution in [0.25, 0.3) is 10.8 Å². The Morgan fingerprint density at radius 1 is 0.864 bits per heavy atom. The van der Waals surface area contributed by atoms with Crippen molar-refractivity contribution in [3.63, 3.8) is 0 Å². The first kappa shape index (κ1) is 13.8. The number of hydrogen-bond acceptors (Lipinski definition) is 3. The summed E-state index contributed by atoms with van der Waals surface area (Å²) in [5.41, 5.74) is 6.66. The van der Waals surface area contributed by atoms with Crippen molar-refractivity contribution in [1.82, 2.24) is 0 Å². The van der Waals surface area contributed by atoms with Gasteiger partial charge < -0.3 is 10.5 Å². The third kappa shape index (κ3) is 2.81. The van der Waals surface area contributed by atoms with E-state index in [1.807, 2.05) is 24.3 Å².